The lowest BCUT2D eigenvalue weighted by Gasteiger charge is -2.28. The molecule has 1 N–H and O–H groups in total. The molecule has 0 aliphatic carbocycles. The molecule has 1 aromatic heterocycles. The van der Waals surface area contributed by atoms with E-state index in [1.54, 1.807) is 30.3 Å². The lowest BCUT2D eigenvalue weighted by atomic mass is 10.1. The highest BCUT2D eigenvalue weighted by molar-refractivity contribution is 6.30. The molecule has 1 atom stereocenters. The molecule has 0 aliphatic rings. The summed E-state index contributed by atoms with van der Waals surface area (Å²) in [5.41, 5.74) is 0.390. The molecule has 1 heterocycles. The van der Waals surface area contributed by atoms with E-state index in [2.05, 4.69) is 11.6 Å². The molecule has 0 aliphatic heterocycles. The van der Waals surface area contributed by atoms with Gasteiger partial charge in [0, 0.05) is 11.9 Å². The van der Waals surface area contributed by atoms with Crippen molar-refractivity contribution in [1.29, 1.82) is 0 Å². The fraction of sp³-hybridized carbons (Fsp3) is 0.125. The molecule has 4 nitrogen and oxygen atoms in total. The SMILES string of the molecule is C=CC[C@@H](c1nccc(Cl)c1F)N(C(=O)O)c1ccccc1. The van der Waals surface area contributed by atoms with Gasteiger partial charge in [0.1, 0.15) is 5.69 Å². The number of hydrogen-bond donors (Lipinski definition) is 1. The number of halogens is 2. The van der Waals surface area contributed by atoms with Crippen molar-refractivity contribution in [3.63, 3.8) is 0 Å². The summed E-state index contributed by atoms with van der Waals surface area (Å²) in [5, 5.41) is 9.45. The number of benzene rings is 1. The number of pyridine rings is 1. The highest BCUT2D eigenvalue weighted by Crippen LogP contribution is 2.32. The number of aromatic nitrogens is 1. The second-order valence-electron chi connectivity index (χ2n) is 4.52. The highest BCUT2D eigenvalue weighted by atomic mass is 35.5. The van der Waals surface area contributed by atoms with Gasteiger partial charge in [-0.25, -0.2) is 9.18 Å². The quantitative estimate of drug-likeness (QED) is 0.814. The van der Waals surface area contributed by atoms with Crippen LogP contribution in [-0.2, 0) is 0 Å². The third-order valence-corrected chi connectivity index (χ3v) is 3.42. The van der Waals surface area contributed by atoms with Crippen LogP contribution >= 0.6 is 11.6 Å². The van der Waals surface area contributed by atoms with Crippen LogP contribution in [0.5, 0.6) is 0 Å². The van der Waals surface area contributed by atoms with Crippen LogP contribution in [0.2, 0.25) is 5.02 Å². The molecule has 0 unspecified atom stereocenters. The van der Waals surface area contributed by atoms with Gasteiger partial charge in [0.15, 0.2) is 5.82 Å². The number of anilines is 1. The van der Waals surface area contributed by atoms with Gasteiger partial charge in [-0.15, -0.1) is 6.58 Å². The number of hydrogen-bond acceptors (Lipinski definition) is 2. The van der Waals surface area contributed by atoms with E-state index < -0.39 is 18.0 Å². The van der Waals surface area contributed by atoms with Gasteiger partial charge < -0.3 is 5.11 Å². The van der Waals surface area contributed by atoms with Crippen LogP contribution in [0.1, 0.15) is 18.2 Å². The zero-order valence-electron chi connectivity index (χ0n) is 11.6. The zero-order valence-corrected chi connectivity index (χ0v) is 12.4. The maximum absolute atomic E-state index is 14.3. The molecule has 0 bridgehead atoms. The summed E-state index contributed by atoms with van der Waals surface area (Å²) in [6.45, 7) is 3.61. The van der Waals surface area contributed by atoms with Crippen LogP contribution in [0.3, 0.4) is 0 Å². The molecule has 2 rings (SSSR count). The lowest BCUT2D eigenvalue weighted by Crippen LogP contribution is -2.34. The zero-order chi connectivity index (χ0) is 16.1. The van der Waals surface area contributed by atoms with Gasteiger partial charge in [-0.1, -0.05) is 35.9 Å². The number of para-hydroxylation sites is 1. The smallest absolute Gasteiger partial charge is 0.412 e. The molecular formula is C16H14ClFN2O2. The summed E-state index contributed by atoms with van der Waals surface area (Å²) in [4.78, 5) is 16.7. The summed E-state index contributed by atoms with van der Waals surface area (Å²) < 4.78 is 14.3. The number of rotatable bonds is 5. The minimum atomic E-state index is -1.21. The molecule has 2 aromatic rings. The highest BCUT2D eigenvalue weighted by Gasteiger charge is 2.29. The minimum absolute atomic E-state index is 0.0290. The largest absolute Gasteiger partial charge is 0.465 e. The predicted molar refractivity (Wildman–Crippen MR) is 83.7 cm³/mol. The van der Waals surface area contributed by atoms with Crippen molar-refractivity contribution in [2.75, 3.05) is 4.90 Å². The second kappa shape index (κ2) is 7.04. The van der Waals surface area contributed by atoms with Gasteiger partial charge in [0.2, 0.25) is 0 Å². The number of carbonyl (C=O) groups is 1. The first-order valence-electron chi connectivity index (χ1n) is 6.54. The van der Waals surface area contributed by atoms with E-state index in [-0.39, 0.29) is 17.1 Å². The third kappa shape index (κ3) is 3.26. The summed E-state index contributed by atoms with van der Waals surface area (Å²) in [5.74, 6) is -0.724. The lowest BCUT2D eigenvalue weighted by molar-refractivity contribution is 0.198. The standard InChI is InChI=1S/C16H14ClFN2O2/c1-2-6-13(15-14(18)12(17)9-10-19-15)20(16(21)22)11-7-4-3-5-8-11/h2-5,7-10,13H,1,6H2,(H,21,22)/t13-/m0/s1. The van der Waals surface area contributed by atoms with E-state index in [0.717, 1.165) is 4.90 Å². The summed E-state index contributed by atoms with van der Waals surface area (Å²) in [6.07, 6.45) is 1.86. The topological polar surface area (TPSA) is 53.4 Å². The van der Waals surface area contributed by atoms with Gasteiger partial charge >= 0.3 is 6.09 Å². The van der Waals surface area contributed by atoms with Crippen molar-refractivity contribution < 1.29 is 14.3 Å². The van der Waals surface area contributed by atoms with E-state index in [0.29, 0.717) is 5.69 Å². The van der Waals surface area contributed by atoms with Gasteiger partial charge in [0.05, 0.1) is 11.1 Å². The van der Waals surface area contributed by atoms with Crippen molar-refractivity contribution in [1.82, 2.24) is 4.98 Å². The van der Waals surface area contributed by atoms with E-state index in [1.807, 2.05) is 0 Å². The van der Waals surface area contributed by atoms with Gasteiger partial charge in [-0.2, -0.15) is 0 Å². The number of carboxylic acid groups (broad SMARTS) is 1. The van der Waals surface area contributed by atoms with Crippen LogP contribution < -0.4 is 4.90 Å². The van der Waals surface area contributed by atoms with Crippen LogP contribution in [-0.4, -0.2) is 16.2 Å². The van der Waals surface area contributed by atoms with Crippen LogP contribution in [0.25, 0.3) is 0 Å². The Morgan fingerprint density at radius 1 is 1.41 bits per heavy atom. The summed E-state index contributed by atoms with van der Waals surface area (Å²) >= 11 is 5.78. The maximum atomic E-state index is 14.3. The normalized spacial score (nSPS) is 11.7. The monoisotopic (exact) mass is 320 g/mol. The third-order valence-electron chi connectivity index (χ3n) is 3.13. The Hall–Kier alpha value is -2.40. The average Bonchev–Trinajstić information content (AvgIpc) is 2.50. The first kappa shape index (κ1) is 16.0. The van der Waals surface area contributed by atoms with E-state index in [1.165, 1.54) is 18.3 Å². The molecule has 114 valence electrons. The minimum Gasteiger partial charge on any atom is -0.465 e. The second-order valence-corrected chi connectivity index (χ2v) is 4.93. The molecule has 0 saturated carbocycles. The fourth-order valence-electron chi connectivity index (χ4n) is 2.18. The van der Waals surface area contributed by atoms with Crippen LogP contribution in [0.4, 0.5) is 14.9 Å². The Morgan fingerprint density at radius 3 is 2.68 bits per heavy atom. The van der Waals surface area contributed by atoms with E-state index in [9.17, 15) is 14.3 Å². The molecule has 1 amide bonds. The maximum Gasteiger partial charge on any atom is 0.412 e. The Bertz CT molecular complexity index is 679. The van der Waals surface area contributed by atoms with Crippen molar-refractivity contribution in [2.24, 2.45) is 0 Å². The fourth-order valence-corrected chi connectivity index (χ4v) is 2.33. The van der Waals surface area contributed by atoms with Gasteiger partial charge in [0.25, 0.3) is 0 Å². The summed E-state index contributed by atoms with van der Waals surface area (Å²) in [7, 11) is 0. The molecule has 0 radical (unpaired) electrons. The Morgan fingerprint density at radius 2 is 2.09 bits per heavy atom. The van der Waals surface area contributed by atoms with E-state index >= 15 is 0 Å². The van der Waals surface area contributed by atoms with Crippen LogP contribution in [0, 0.1) is 5.82 Å². The van der Waals surface area contributed by atoms with Crippen LogP contribution in [0.15, 0.2) is 55.3 Å². The first-order chi connectivity index (χ1) is 10.6. The van der Waals surface area contributed by atoms with Gasteiger partial charge in [-0.3, -0.25) is 9.88 Å². The van der Waals surface area contributed by atoms with E-state index in [4.69, 9.17) is 11.6 Å². The molecule has 6 heteroatoms. The average molecular weight is 321 g/mol. The Balaban J connectivity index is 2.55. The van der Waals surface area contributed by atoms with Gasteiger partial charge in [-0.05, 0) is 24.6 Å². The van der Waals surface area contributed by atoms with Crippen molar-refractivity contribution in [3.05, 3.63) is 71.8 Å². The molecular weight excluding hydrogens is 307 g/mol. The number of nitrogens with zero attached hydrogens (tertiary/aromatic N) is 2. The van der Waals surface area contributed by atoms with Crippen molar-refractivity contribution in [3.8, 4) is 0 Å². The van der Waals surface area contributed by atoms with Crippen molar-refractivity contribution >= 4 is 23.4 Å². The molecule has 1 aromatic carbocycles. The Labute approximate surface area is 132 Å². The molecule has 0 saturated heterocycles. The summed E-state index contributed by atoms with van der Waals surface area (Å²) in [6, 6.07) is 8.91. The Kier molecular flexibility index (Phi) is 5.12. The van der Waals surface area contributed by atoms with Crippen molar-refractivity contribution in [2.45, 2.75) is 12.5 Å². The molecule has 0 spiro atoms. The molecule has 0 fully saturated rings. The predicted octanol–water partition coefficient (Wildman–Crippen LogP) is 4.68. The number of amides is 1. The molecule has 22 heavy (non-hydrogen) atoms. The first-order valence-corrected chi connectivity index (χ1v) is 6.92.